The van der Waals surface area contributed by atoms with Gasteiger partial charge in [-0.1, -0.05) is 54.6 Å². The topological polar surface area (TPSA) is 70.7 Å². The molecule has 1 aliphatic heterocycles. The minimum Gasteiger partial charge on any atom is -0.495 e. The van der Waals surface area contributed by atoms with Crippen molar-refractivity contribution in [3.8, 4) is 16.9 Å². The molecule has 1 aliphatic rings. The van der Waals surface area contributed by atoms with Crippen molar-refractivity contribution in [2.24, 2.45) is 0 Å². The fourth-order valence-electron chi connectivity index (χ4n) is 4.25. The van der Waals surface area contributed by atoms with E-state index in [4.69, 9.17) is 4.74 Å². The molecule has 1 heterocycles. The number of nitrogens with one attached hydrogen (secondary N) is 2. The lowest BCUT2D eigenvalue weighted by molar-refractivity contribution is 0.234. The van der Waals surface area contributed by atoms with E-state index in [0.29, 0.717) is 11.8 Å². The van der Waals surface area contributed by atoms with Gasteiger partial charge in [0.15, 0.2) is 0 Å². The maximum atomic E-state index is 13.1. The number of likely N-dealkylation sites (tertiary alicyclic amines) is 1. The summed E-state index contributed by atoms with van der Waals surface area (Å²) in [5.41, 5.74) is 3.89. The van der Waals surface area contributed by atoms with E-state index in [2.05, 4.69) is 34.1 Å². The summed E-state index contributed by atoms with van der Waals surface area (Å²) in [6.45, 7) is 3.26. The van der Waals surface area contributed by atoms with Crippen molar-refractivity contribution in [1.82, 2.24) is 14.9 Å². The molecule has 34 heavy (non-hydrogen) atoms. The fourth-order valence-corrected chi connectivity index (χ4v) is 5.46. The molecule has 0 atom stereocenters. The monoisotopic (exact) mass is 479 g/mol. The maximum absolute atomic E-state index is 13.1. The molecule has 1 fully saturated rings. The van der Waals surface area contributed by atoms with Crippen molar-refractivity contribution in [2.75, 3.05) is 27.2 Å². The second-order valence-electron chi connectivity index (χ2n) is 8.83. The number of ether oxygens (including phenoxy) is 1. The first kappa shape index (κ1) is 24.4. The van der Waals surface area contributed by atoms with Gasteiger partial charge in [-0.05, 0) is 73.4 Å². The molecule has 4 rings (SSSR count). The number of hydrogen-bond acceptors (Lipinski definition) is 5. The van der Waals surface area contributed by atoms with Gasteiger partial charge in [0.25, 0.3) is 0 Å². The van der Waals surface area contributed by atoms with Crippen LogP contribution in [0, 0.1) is 0 Å². The lowest BCUT2D eigenvalue weighted by Gasteiger charge is -2.29. The Kier molecular flexibility index (Phi) is 8.00. The highest BCUT2D eigenvalue weighted by Crippen LogP contribution is 2.30. The molecular formula is C27H33N3O3S. The van der Waals surface area contributed by atoms with Gasteiger partial charge in [0, 0.05) is 19.1 Å². The smallest absolute Gasteiger partial charge is 0.244 e. The summed E-state index contributed by atoms with van der Waals surface area (Å²) < 4.78 is 34.3. The zero-order valence-electron chi connectivity index (χ0n) is 19.8. The normalized spacial score (nSPS) is 15.4. The largest absolute Gasteiger partial charge is 0.495 e. The summed E-state index contributed by atoms with van der Waals surface area (Å²) in [4.78, 5) is 2.50. The van der Waals surface area contributed by atoms with E-state index in [1.54, 1.807) is 12.1 Å². The quantitative estimate of drug-likeness (QED) is 0.485. The van der Waals surface area contributed by atoms with Crippen LogP contribution in [0.15, 0.2) is 77.7 Å². The second kappa shape index (κ2) is 11.1. The van der Waals surface area contributed by atoms with Crippen LogP contribution < -0.4 is 14.8 Å². The molecule has 0 radical (unpaired) electrons. The molecule has 6 nitrogen and oxygen atoms in total. The Bertz CT molecular complexity index is 1190. The molecule has 7 heteroatoms. The molecule has 0 amide bonds. The Morgan fingerprint density at radius 2 is 1.59 bits per heavy atom. The summed E-state index contributed by atoms with van der Waals surface area (Å²) in [6, 6.07) is 23.6. The molecular weight excluding hydrogens is 446 g/mol. The van der Waals surface area contributed by atoms with E-state index >= 15 is 0 Å². The number of hydrogen-bond donors (Lipinski definition) is 2. The lowest BCUT2D eigenvalue weighted by Crippen LogP contribution is -2.40. The average molecular weight is 480 g/mol. The van der Waals surface area contributed by atoms with Crippen LogP contribution in [-0.4, -0.2) is 46.6 Å². The fraction of sp³-hybridized carbons (Fsp3) is 0.333. The highest BCUT2D eigenvalue weighted by molar-refractivity contribution is 7.89. The predicted molar refractivity (Wildman–Crippen MR) is 136 cm³/mol. The van der Waals surface area contributed by atoms with Crippen molar-refractivity contribution in [3.63, 3.8) is 0 Å². The third-order valence-electron chi connectivity index (χ3n) is 6.34. The van der Waals surface area contributed by atoms with Gasteiger partial charge in [-0.2, -0.15) is 0 Å². The lowest BCUT2D eigenvalue weighted by atomic mass is 10.0. The highest BCUT2D eigenvalue weighted by atomic mass is 32.2. The molecule has 0 aliphatic carbocycles. The highest BCUT2D eigenvalue weighted by Gasteiger charge is 2.21. The van der Waals surface area contributed by atoms with Crippen LogP contribution in [-0.2, 0) is 23.1 Å². The van der Waals surface area contributed by atoms with Gasteiger partial charge in [0.2, 0.25) is 10.0 Å². The SMILES string of the molecule is COc1ccc(-c2cccc(CNC3CCN(C)CC3)c2)cc1S(=O)(=O)NCc1ccccc1. The molecule has 1 saturated heterocycles. The maximum Gasteiger partial charge on any atom is 0.244 e. The van der Waals surface area contributed by atoms with Gasteiger partial charge in [-0.3, -0.25) is 0 Å². The first-order chi connectivity index (χ1) is 16.4. The second-order valence-corrected chi connectivity index (χ2v) is 10.6. The van der Waals surface area contributed by atoms with E-state index in [9.17, 15) is 8.42 Å². The van der Waals surface area contributed by atoms with E-state index in [1.807, 2.05) is 48.5 Å². The van der Waals surface area contributed by atoms with Crippen LogP contribution in [0.2, 0.25) is 0 Å². The first-order valence-corrected chi connectivity index (χ1v) is 13.2. The van der Waals surface area contributed by atoms with Gasteiger partial charge < -0.3 is 15.0 Å². The summed E-state index contributed by atoms with van der Waals surface area (Å²) in [5.74, 6) is 0.324. The third-order valence-corrected chi connectivity index (χ3v) is 7.76. The molecule has 0 bridgehead atoms. The zero-order chi connectivity index (χ0) is 24.0. The van der Waals surface area contributed by atoms with E-state index in [0.717, 1.165) is 49.2 Å². The number of benzene rings is 3. The van der Waals surface area contributed by atoms with E-state index in [-0.39, 0.29) is 11.4 Å². The summed E-state index contributed by atoms with van der Waals surface area (Å²) in [7, 11) is -0.109. The van der Waals surface area contributed by atoms with Gasteiger partial charge in [-0.25, -0.2) is 13.1 Å². The van der Waals surface area contributed by atoms with E-state index in [1.165, 1.54) is 12.7 Å². The third kappa shape index (κ3) is 6.24. The molecule has 0 aromatic heterocycles. The predicted octanol–water partition coefficient (Wildman–Crippen LogP) is 4.02. The Balaban J connectivity index is 1.51. The Morgan fingerprint density at radius 1 is 0.882 bits per heavy atom. The van der Waals surface area contributed by atoms with Crippen LogP contribution in [0.25, 0.3) is 11.1 Å². The number of methoxy groups -OCH3 is 1. The minimum absolute atomic E-state index is 0.137. The Hall–Kier alpha value is -2.71. The summed E-state index contributed by atoms with van der Waals surface area (Å²) >= 11 is 0. The van der Waals surface area contributed by atoms with Crippen LogP contribution in [0.1, 0.15) is 24.0 Å². The molecule has 3 aromatic carbocycles. The number of piperidine rings is 1. The van der Waals surface area contributed by atoms with E-state index < -0.39 is 10.0 Å². The van der Waals surface area contributed by atoms with Crippen LogP contribution in [0.3, 0.4) is 0 Å². The molecule has 0 unspecified atom stereocenters. The van der Waals surface area contributed by atoms with Crippen molar-refractivity contribution in [1.29, 1.82) is 0 Å². The van der Waals surface area contributed by atoms with Gasteiger partial charge in [0.1, 0.15) is 10.6 Å². The van der Waals surface area contributed by atoms with Crippen molar-refractivity contribution < 1.29 is 13.2 Å². The van der Waals surface area contributed by atoms with Gasteiger partial charge >= 0.3 is 0 Å². The standard InChI is InChI=1S/C27H33N3O3S/c1-30-15-13-25(14-16-30)28-19-22-9-6-10-23(17-22)24-11-12-26(33-2)27(18-24)34(31,32)29-20-21-7-4-3-5-8-21/h3-12,17-18,25,28-29H,13-16,19-20H2,1-2H3. The molecule has 180 valence electrons. The van der Waals surface area contributed by atoms with Crippen LogP contribution in [0.5, 0.6) is 5.75 Å². The Labute approximate surface area is 203 Å². The Morgan fingerprint density at radius 3 is 2.32 bits per heavy atom. The number of sulfonamides is 1. The number of nitrogens with zero attached hydrogens (tertiary/aromatic N) is 1. The van der Waals surface area contributed by atoms with Crippen molar-refractivity contribution >= 4 is 10.0 Å². The van der Waals surface area contributed by atoms with Crippen molar-refractivity contribution in [3.05, 3.63) is 83.9 Å². The zero-order valence-corrected chi connectivity index (χ0v) is 20.6. The molecule has 0 saturated carbocycles. The number of rotatable bonds is 9. The minimum atomic E-state index is -3.76. The average Bonchev–Trinajstić information content (AvgIpc) is 2.87. The van der Waals surface area contributed by atoms with Crippen molar-refractivity contribution in [2.45, 2.75) is 36.9 Å². The molecule has 2 N–H and O–H groups in total. The van der Waals surface area contributed by atoms with Crippen LogP contribution >= 0.6 is 0 Å². The molecule has 0 spiro atoms. The van der Waals surface area contributed by atoms with Gasteiger partial charge in [-0.15, -0.1) is 0 Å². The van der Waals surface area contributed by atoms with Crippen LogP contribution in [0.4, 0.5) is 0 Å². The molecule has 3 aromatic rings. The summed E-state index contributed by atoms with van der Waals surface area (Å²) in [5, 5.41) is 3.67. The first-order valence-electron chi connectivity index (χ1n) is 11.7. The van der Waals surface area contributed by atoms with Gasteiger partial charge in [0.05, 0.1) is 7.11 Å². The summed E-state index contributed by atoms with van der Waals surface area (Å²) in [6.07, 6.45) is 2.32.